The Morgan fingerprint density at radius 2 is 2.12 bits per heavy atom. The lowest BCUT2D eigenvalue weighted by atomic mass is 9.97. The molecule has 0 aliphatic heterocycles. The number of benzene rings is 1. The summed E-state index contributed by atoms with van der Waals surface area (Å²) < 4.78 is 5.15. The maximum Gasteiger partial charge on any atom is 0.127 e. The Hall–Kier alpha value is -1.26. The molecule has 0 saturated carbocycles. The lowest BCUT2D eigenvalue weighted by Crippen LogP contribution is -2.26. The van der Waals surface area contributed by atoms with Crippen molar-refractivity contribution < 1.29 is 14.9 Å². The van der Waals surface area contributed by atoms with Gasteiger partial charge in [-0.1, -0.05) is 19.8 Å². The summed E-state index contributed by atoms with van der Waals surface area (Å²) >= 11 is 0. The zero-order chi connectivity index (χ0) is 12.8. The lowest BCUT2D eigenvalue weighted by molar-refractivity contribution is 0.131. The highest BCUT2D eigenvalue weighted by atomic mass is 16.5. The predicted octanol–water partition coefficient (Wildman–Crippen LogP) is 1.95. The van der Waals surface area contributed by atoms with Crippen LogP contribution in [0.5, 0.6) is 11.5 Å². The van der Waals surface area contributed by atoms with Gasteiger partial charge < -0.3 is 20.7 Å². The van der Waals surface area contributed by atoms with Crippen molar-refractivity contribution in [2.24, 2.45) is 5.73 Å². The van der Waals surface area contributed by atoms with Crippen LogP contribution in [0.3, 0.4) is 0 Å². The number of phenols is 1. The molecule has 0 aromatic heterocycles. The molecule has 1 aromatic rings. The summed E-state index contributed by atoms with van der Waals surface area (Å²) in [7, 11) is 1.52. The van der Waals surface area contributed by atoms with Crippen molar-refractivity contribution in [3.8, 4) is 11.5 Å². The van der Waals surface area contributed by atoms with E-state index in [1.54, 1.807) is 12.1 Å². The minimum Gasteiger partial charge on any atom is -0.508 e. The highest BCUT2D eigenvalue weighted by Gasteiger charge is 2.20. The molecule has 0 heterocycles. The second kappa shape index (κ2) is 6.47. The number of aliphatic hydroxyl groups is 1. The molecule has 4 nitrogen and oxygen atoms in total. The summed E-state index contributed by atoms with van der Waals surface area (Å²) in [5, 5.41) is 19.3. The largest absolute Gasteiger partial charge is 0.508 e. The molecule has 0 bridgehead atoms. The molecule has 96 valence electrons. The summed E-state index contributed by atoms with van der Waals surface area (Å²) in [6.45, 7) is 2.07. The van der Waals surface area contributed by atoms with Gasteiger partial charge in [0.15, 0.2) is 0 Å². The first-order valence-corrected chi connectivity index (χ1v) is 5.90. The lowest BCUT2D eigenvalue weighted by Gasteiger charge is -2.21. The first-order valence-electron chi connectivity index (χ1n) is 5.90. The van der Waals surface area contributed by atoms with Crippen LogP contribution in [0.15, 0.2) is 18.2 Å². The summed E-state index contributed by atoms with van der Waals surface area (Å²) in [5.41, 5.74) is 6.71. The summed E-state index contributed by atoms with van der Waals surface area (Å²) in [4.78, 5) is 0. The normalized spacial score (nSPS) is 14.4. The van der Waals surface area contributed by atoms with E-state index < -0.39 is 12.1 Å². The fourth-order valence-electron chi connectivity index (χ4n) is 1.78. The van der Waals surface area contributed by atoms with E-state index in [0.717, 1.165) is 12.8 Å². The molecule has 4 heteroatoms. The molecule has 0 fully saturated rings. The van der Waals surface area contributed by atoms with Crippen LogP contribution in [-0.4, -0.2) is 23.4 Å². The average molecular weight is 239 g/mol. The van der Waals surface area contributed by atoms with Crippen molar-refractivity contribution in [3.63, 3.8) is 0 Å². The van der Waals surface area contributed by atoms with E-state index in [4.69, 9.17) is 10.5 Å². The number of aliphatic hydroxyl groups excluding tert-OH is 1. The number of phenolic OH excluding ortho intramolecular Hbond substituents is 1. The maximum atomic E-state index is 9.95. The van der Waals surface area contributed by atoms with E-state index in [0.29, 0.717) is 17.7 Å². The van der Waals surface area contributed by atoms with Crippen molar-refractivity contribution in [2.75, 3.05) is 7.11 Å². The van der Waals surface area contributed by atoms with Crippen LogP contribution in [0.25, 0.3) is 0 Å². The molecule has 1 rings (SSSR count). The zero-order valence-corrected chi connectivity index (χ0v) is 10.4. The van der Waals surface area contributed by atoms with Crippen LogP contribution in [0.1, 0.15) is 37.8 Å². The monoisotopic (exact) mass is 239 g/mol. The molecule has 1 aromatic carbocycles. The fraction of sp³-hybridized carbons (Fsp3) is 0.538. The topological polar surface area (TPSA) is 75.7 Å². The van der Waals surface area contributed by atoms with E-state index in [2.05, 4.69) is 6.92 Å². The molecule has 0 saturated heterocycles. The summed E-state index contributed by atoms with van der Waals surface area (Å²) in [6, 6.07) is 4.25. The van der Waals surface area contributed by atoms with E-state index in [1.807, 2.05) is 0 Å². The molecule has 0 aliphatic carbocycles. The van der Waals surface area contributed by atoms with E-state index in [9.17, 15) is 10.2 Å². The van der Waals surface area contributed by atoms with Crippen molar-refractivity contribution in [1.29, 1.82) is 0 Å². The van der Waals surface area contributed by atoms with Gasteiger partial charge in [-0.15, -0.1) is 0 Å². The van der Waals surface area contributed by atoms with Gasteiger partial charge in [0, 0.05) is 11.6 Å². The first kappa shape index (κ1) is 13.8. The summed E-state index contributed by atoms with van der Waals surface area (Å²) in [6.07, 6.45) is 2.04. The van der Waals surface area contributed by atoms with Crippen LogP contribution < -0.4 is 10.5 Å². The number of rotatable bonds is 6. The van der Waals surface area contributed by atoms with Gasteiger partial charge in [0.25, 0.3) is 0 Å². The Morgan fingerprint density at radius 1 is 1.41 bits per heavy atom. The second-order valence-corrected chi connectivity index (χ2v) is 4.16. The Kier molecular flexibility index (Phi) is 5.25. The number of hydrogen-bond acceptors (Lipinski definition) is 4. The number of aromatic hydroxyl groups is 1. The Bertz CT molecular complexity index is 355. The first-order chi connectivity index (χ1) is 8.10. The van der Waals surface area contributed by atoms with Crippen molar-refractivity contribution in [3.05, 3.63) is 23.8 Å². The van der Waals surface area contributed by atoms with E-state index >= 15 is 0 Å². The van der Waals surface area contributed by atoms with Gasteiger partial charge in [0.05, 0.1) is 19.3 Å². The molecule has 0 radical (unpaired) electrons. The van der Waals surface area contributed by atoms with Crippen molar-refractivity contribution in [2.45, 2.75) is 38.3 Å². The van der Waals surface area contributed by atoms with Gasteiger partial charge in [-0.25, -0.2) is 0 Å². The third kappa shape index (κ3) is 3.61. The minimum atomic E-state index is -0.589. The molecule has 0 aliphatic rings. The van der Waals surface area contributed by atoms with Gasteiger partial charge in [-0.05, 0) is 18.6 Å². The standard InChI is InChI=1S/C13H21NO3/c1-3-4-5-11(16)13(14)10-7-6-9(15)8-12(10)17-2/h6-8,11,13,15-16H,3-5,14H2,1-2H3/t11-,13+/m0/s1. The third-order valence-corrected chi connectivity index (χ3v) is 2.84. The molecule has 17 heavy (non-hydrogen) atoms. The average Bonchev–Trinajstić information content (AvgIpc) is 2.34. The molecule has 4 N–H and O–H groups in total. The Balaban J connectivity index is 2.83. The SMILES string of the molecule is CCCC[C@H](O)[C@H](N)c1ccc(O)cc1OC. The van der Waals surface area contributed by atoms with Crippen LogP contribution >= 0.6 is 0 Å². The highest BCUT2D eigenvalue weighted by molar-refractivity contribution is 5.42. The second-order valence-electron chi connectivity index (χ2n) is 4.16. The highest BCUT2D eigenvalue weighted by Crippen LogP contribution is 2.30. The van der Waals surface area contributed by atoms with Gasteiger partial charge >= 0.3 is 0 Å². The predicted molar refractivity (Wildman–Crippen MR) is 67.1 cm³/mol. The summed E-state index contributed by atoms with van der Waals surface area (Å²) in [5.74, 6) is 0.633. The van der Waals surface area contributed by atoms with Crippen molar-refractivity contribution in [1.82, 2.24) is 0 Å². The van der Waals surface area contributed by atoms with Gasteiger partial charge in [0.1, 0.15) is 11.5 Å². The van der Waals surface area contributed by atoms with Crippen molar-refractivity contribution >= 4 is 0 Å². The van der Waals surface area contributed by atoms with Crippen LogP contribution in [0, 0.1) is 0 Å². The Labute approximate surface area is 102 Å². The maximum absolute atomic E-state index is 9.95. The molecule has 0 amide bonds. The van der Waals surface area contributed by atoms with Crippen LogP contribution in [-0.2, 0) is 0 Å². The Morgan fingerprint density at radius 3 is 2.71 bits per heavy atom. The minimum absolute atomic E-state index is 0.126. The number of ether oxygens (including phenoxy) is 1. The molecule has 0 unspecified atom stereocenters. The van der Waals surface area contributed by atoms with E-state index in [-0.39, 0.29) is 5.75 Å². The number of unbranched alkanes of at least 4 members (excludes halogenated alkanes) is 1. The fourth-order valence-corrected chi connectivity index (χ4v) is 1.78. The van der Waals surface area contributed by atoms with Gasteiger partial charge in [0.2, 0.25) is 0 Å². The van der Waals surface area contributed by atoms with Crippen LogP contribution in [0.2, 0.25) is 0 Å². The number of hydrogen-bond donors (Lipinski definition) is 3. The van der Waals surface area contributed by atoms with E-state index in [1.165, 1.54) is 13.2 Å². The zero-order valence-electron chi connectivity index (χ0n) is 10.4. The molecule has 2 atom stereocenters. The molecular formula is C13H21NO3. The third-order valence-electron chi connectivity index (χ3n) is 2.84. The van der Waals surface area contributed by atoms with Gasteiger partial charge in [-0.3, -0.25) is 0 Å². The van der Waals surface area contributed by atoms with Gasteiger partial charge in [-0.2, -0.15) is 0 Å². The molecular weight excluding hydrogens is 218 g/mol. The van der Waals surface area contributed by atoms with Crippen LogP contribution in [0.4, 0.5) is 0 Å². The molecule has 0 spiro atoms. The smallest absolute Gasteiger partial charge is 0.127 e. The quantitative estimate of drug-likeness (QED) is 0.709. The number of methoxy groups -OCH3 is 1. The number of nitrogens with two attached hydrogens (primary N) is 1.